The number of carboxylic acids is 1. The molecule has 1 amide bonds. The molecule has 4 rings (SSSR count). The van der Waals surface area contributed by atoms with E-state index in [0.717, 1.165) is 11.8 Å². The summed E-state index contributed by atoms with van der Waals surface area (Å²) in [5.74, 6) is -1.31. The number of nitrogens with zero attached hydrogens (tertiary/aromatic N) is 4. The quantitative estimate of drug-likeness (QED) is 0.353. The first-order valence-electron chi connectivity index (χ1n) is 9.35. The van der Waals surface area contributed by atoms with Crippen molar-refractivity contribution in [2.75, 3.05) is 7.05 Å². The zero-order valence-corrected chi connectivity index (χ0v) is 17.5. The largest absolute Gasteiger partial charge is 0.478 e. The first kappa shape index (κ1) is 21.1. The molecule has 0 unspecified atom stereocenters. The molecule has 32 heavy (non-hydrogen) atoms. The van der Waals surface area contributed by atoms with Crippen LogP contribution in [0.2, 0.25) is 0 Å². The Kier molecular flexibility index (Phi) is 5.61. The Morgan fingerprint density at radius 1 is 1.16 bits per heavy atom. The standard InChI is InChI=1S/C22H16N4O5S/c1-24-20(27)19(32-22(24)23-15-6-2-5-14(11-15)21(28)29)13-17-9-4-10-25(17)16-7-3-8-18(12-16)26(30)31/h2-13H,1H3,(H,28,29)/b19-13+,23-22?. The van der Waals surface area contributed by atoms with E-state index in [4.69, 9.17) is 5.11 Å². The Hall–Kier alpha value is -4.18. The number of hydrogen-bond donors (Lipinski definition) is 1. The van der Waals surface area contributed by atoms with Crippen LogP contribution in [-0.2, 0) is 4.79 Å². The second-order valence-corrected chi connectivity index (χ2v) is 7.81. The molecule has 3 aromatic rings. The average molecular weight is 448 g/mol. The first-order valence-corrected chi connectivity index (χ1v) is 10.2. The molecule has 1 saturated heterocycles. The predicted molar refractivity (Wildman–Crippen MR) is 121 cm³/mol. The number of nitro groups is 1. The molecule has 9 nitrogen and oxygen atoms in total. The minimum atomic E-state index is -1.06. The van der Waals surface area contributed by atoms with Crippen molar-refractivity contribution in [2.24, 2.45) is 4.99 Å². The Labute approximate surface area is 186 Å². The van der Waals surface area contributed by atoms with E-state index >= 15 is 0 Å². The summed E-state index contributed by atoms with van der Waals surface area (Å²) < 4.78 is 1.75. The molecule has 1 fully saturated rings. The lowest BCUT2D eigenvalue weighted by Gasteiger charge is -2.07. The number of carboxylic acid groups (broad SMARTS) is 1. The number of thioether (sulfide) groups is 1. The number of rotatable bonds is 5. The third kappa shape index (κ3) is 4.16. The van der Waals surface area contributed by atoms with Gasteiger partial charge in [-0.1, -0.05) is 12.1 Å². The first-order chi connectivity index (χ1) is 15.3. The van der Waals surface area contributed by atoms with Crippen LogP contribution in [-0.4, -0.2) is 43.6 Å². The predicted octanol–water partition coefficient (Wildman–Crippen LogP) is 4.32. The van der Waals surface area contributed by atoms with Crippen molar-refractivity contribution in [1.29, 1.82) is 0 Å². The minimum absolute atomic E-state index is 0.0288. The third-order valence-corrected chi connectivity index (χ3v) is 5.76. The minimum Gasteiger partial charge on any atom is -0.478 e. The van der Waals surface area contributed by atoms with E-state index in [1.807, 2.05) is 0 Å². The molecule has 1 N–H and O–H groups in total. The highest BCUT2D eigenvalue weighted by Gasteiger charge is 2.30. The van der Waals surface area contributed by atoms with Crippen LogP contribution < -0.4 is 0 Å². The lowest BCUT2D eigenvalue weighted by atomic mass is 10.2. The summed E-state index contributed by atoms with van der Waals surface area (Å²) in [5.41, 5.74) is 1.77. The van der Waals surface area contributed by atoms with Crippen LogP contribution in [0.5, 0.6) is 0 Å². The second kappa shape index (κ2) is 8.52. The second-order valence-electron chi connectivity index (χ2n) is 6.80. The molecule has 0 bridgehead atoms. The maximum Gasteiger partial charge on any atom is 0.335 e. The van der Waals surface area contributed by atoms with Crippen molar-refractivity contribution in [1.82, 2.24) is 9.47 Å². The molecule has 2 aromatic carbocycles. The number of carbonyl (C=O) groups is 2. The number of amidine groups is 1. The van der Waals surface area contributed by atoms with Gasteiger partial charge in [-0.15, -0.1) is 0 Å². The zero-order valence-electron chi connectivity index (χ0n) is 16.7. The number of benzene rings is 2. The lowest BCUT2D eigenvalue weighted by Crippen LogP contribution is -2.23. The molecule has 2 heterocycles. The molecule has 10 heteroatoms. The molecular weight excluding hydrogens is 432 g/mol. The van der Waals surface area contributed by atoms with E-state index in [0.29, 0.717) is 27.1 Å². The number of aromatic carboxylic acids is 1. The van der Waals surface area contributed by atoms with Crippen molar-refractivity contribution in [3.63, 3.8) is 0 Å². The van der Waals surface area contributed by atoms with Gasteiger partial charge in [-0.25, -0.2) is 9.79 Å². The molecule has 0 saturated carbocycles. The van der Waals surface area contributed by atoms with Crippen LogP contribution in [0.25, 0.3) is 11.8 Å². The van der Waals surface area contributed by atoms with Crippen LogP contribution in [0.1, 0.15) is 16.1 Å². The van der Waals surface area contributed by atoms with E-state index in [9.17, 15) is 19.7 Å². The normalized spacial score (nSPS) is 16.2. The summed E-state index contributed by atoms with van der Waals surface area (Å²) in [7, 11) is 1.59. The number of carbonyl (C=O) groups excluding carboxylic acids is 1. The number of aliphatic imine (C=N–C) groups is 1. The highest BCUT2D eigenvalue weighted by molar-refractivity contribution is 8.18. The molecule has 0 atom stereocenters. The highest BCUT2D eigenvalue weighted by atomic mass is 32.2. The van der Waals surface area contributed by atoms with Crippen LogP contribution in [0.15, 0.2) is 76.8 Å². The smallest absolute Gasteiger partial charge is 0.335 e. The van der Waals surface area contributed by atoms with Crippen LogP contribution >= 0.6 is 11.8 Å². The average Bonchev–Trinajstić information content (AvgIpc) is 3.34. The summed E-state index contributed by atoms with van der Waals surface area (Å²) in [6.45, 7) is 0. The van der Waals surface area contributed by atoms with E-state index in [-0.39, 0.29) is 17.2 Å². The molecule has 0 spiro atoms. The Morgan fingerprint density at radius 2 is 1.94 bits per heavy atom. The van der Waals surface area contributed by atoms with E-state index in [1.54, 1.807) is 60.3 Å². The fourth-order valence-corrected chi connectivity index (χ4v) is 4.08. The molecule has 1 aliphatic rings. The van der Waals surface area contributed by atoms with E-state index in [1.165, 1.54) is 29.2 Å². The number of aromatic nitrogens is 1. The summed E-state index contributed by atoms with van der Waals surface area (Å²) in [5, 5.41) is 20.7. The Morgan fingerprint density at radius 3 is 2.69 bits per heavy atom. The van der Waals surface area contributed by atoms with Crippen molar-refractivity contribution in [3.8, 4) is 5.69 Å². The molecule has 1 aromatic heterocycles. The Balaban J connectivity index is 1.66. The van der Waals surface area contributed by atoms with Gasteiger partial charge in [-0.3, -0.25) is 19.8 Å². The van der Waals surface area contributed by atoms with Gasteiger partial charge in [0.25, 0.3) is 11.6 Å². The van der Waals surface area contributed by atoms with Crippen LogP contribution in [0, 0.1) is 10.1 Å². The van der Waals surface area contributed by atoms with Crippen molar-refractivity contribution in [2.45, 2.75) is 0 Å². The number of non-ortho nitro benzene ring substituents is 1. The third-order valence-electron chi connectivity index (χ3n) is 4.70. The zero-order chi connectivity index (χ0) is 22.8. The van der Waals surface area contributed by atoms with Crippen LogP contribution in [0.3, 0.4) is 0 Å². The number of hydrogen-bond acceptors (Lipinski definition) is 6. The van der Waals surface area contributed by atoms with Gasteiger partial charge in [-0.2, -0.15) is 0 Å². The molecule has 160 valence electrons. The fraction of sp³-hybridized carbons (Fsp3) is 0.0455. The monoisotopic (exact) mass is 448 g/mol. The van der Waals surface area contributed by atoms with Gasteiger partial charge in [0.2, 0.25) is 0 Å². The number of likely N-dealkylation sites (N-methyl/N-ethyl adjacent to an activating group) is 1. The maximum absolute atomic E-state index is 12.8. The summed E-state index contributed by atoms with van der Waals surface area (Å²) >= 11 is 1.16. The molecule has 0 radical (unpaired) electrons. The van der Waals surface area contributed by atoms with Gasteiger partial charge in [0.1, 0.15) is 0 Å². The summed E-state index contributed by atoms with van der Waals surface area (Å²) in [4.78, 5) is 40.8. The fourth-order valence-electron chi connectivity index (χ4n) is 3.11. The summed E-state index contributed by atoms with van der Waals surface area (Å²) in [6.07, 6.45) is 3.45. The van der Waals surface area contributed by atoms with Crippen molar-refractivity contribution < 1.29 is 19.6 Å². The maximum atomic E-state index is 12.8. The number of amides is 1. The van der Waals surface area contributed by atoms with Crippen molar-refractivity contribution >= 4 is 46.3 Å². The number of nitro benzene ring substituents is 1. The van der Waals surface area contributed by atoms with Gasteiger partial charge < -0.3 is 9.67 Å². The Bertz CT molecular complexity index is 1310. The lowest BCUT2D eigenvalue weighted by molar-refractivity contribution is -0.384. The van der Waals surface area contributed by atoms with Gasteiger partial charge in [0, 0.05) is 31.1 Å². The topological polar surface area (TPSA) is 118 Å². The van der Waals surface area contributed by atoms with Gasteiger partial charge in [-0.05, 0) is 54.2 Å². The molecule has 1 aliphatic heterocycles. The molecule has 0 aliphatic carbocycles. The van der Waals surface area contributed by atoms with Gasteiger partial charge in [0.05, 0.1) is 26.8 Å². The van der Waals surface area contributed by atoms with Crippen LogP contribution in [0.4, 0.5) is 11.4 Å². The highest BCUT2D eigenvalue weighted by Crippen LogP contribution is 2.33. The van der Waals surface area contributed by atoms with Crippen molar-refractivity contribution in [3.05, 3.63) is 93.1 Å². The van der Waals surface area contributed by atoms with E-state index in [2.05, 4.69) is 4.99 Å². The van der Waals surface area contributed by atoms with Gasteiger partial charge in [0.15, 0.2) is 5.17 Å². The van der Waals surface area contributed by atoms with Gasteiger partial charge >= 0.3 is 5.97 Å². The van der Waals surface area contributed by atoms with E-state index < -0.39 is 10.9 Å². The summed E-state index contributed by atoms with van der Waals surface area (Å²) in [6, 6.07) is 16.0. The molecular formula is C22H16N4O5S. The SMILES string of the molecule is CN1C(=O)/C(=C\c2cccn2-c2cccc([N+](=O)[O-])c2)SC1=Nc1cccc(C(=O)O)c1.